The standard InChI is InChI=1S/C12H10F4N2/c13-11(3-4-11)5-9(6-17)8-1-2-10(18-7-8)12(14,15)16/h1-2,7,9H,3-5H2. The molecular formula is C12H10F4N2. The van der Waals surface area contributed by atoms with Crippen molar-refractivity contribution >= 4 is 0 Å². The molecule has 1 unspecified atom stereocenters. The number of nitrogens with zero attached hydrogens (tertiary/aromatic N) is 2. The van der Waals surface area contributed by atoms with E-state index < -0.39 is 23.5 Å². The van der Waals surface area contributed by atoms with Crippen LogP contribution in [0.2, 0.25) is 0 Å². The maximum absolute atomic E-state index is 13.5. The Kier molecular flexibility index (Phi) is 3.01. The summed E-state index contributed by atoms with van der Waals surface area (Å²) in [5.74, 6) is -0.743. The second kappa shape index (κ2) is 4.23. The molecule has 1 aliphatic carbocycles. The highest BCUT2D eigenvalue weighted by Gasteiger charge is 2.45. The quantitative estimate of drug-likeness (QED) is 0.777. The molecular weight excluding hydrogens is 248 g/mol. The molecule has 2 nitrogen and oxygen atoms in total. The Morgan fingerprint density at radius 2 is 2.06 bits per heavy atom. The highest BCUT2D eigenvalue weighted by Crippen LogP contribution is 2.46. The molecule has 1 fully saturated rings. The second-order valence-electron chi connectivity index (χ2n) is 4.51. The van der Waals surface area contributed by atoms with E-state index in [0.717, 1.165) is 12.3 Å². The Morgan fingerprint density at radius 1 is 1.39 bits per heavy atom. The first-order valence-electron chi connectivity index (χ1n) is 5.46. The van der Waals surface area contributed by atoms with Crippen LogP contribution in [0.5, 0.6) is 0 Å². The maximum atomic E-state index is 13.5. The monoisotopic (exact) mass is 258 g/mol. The van der Waals surface area contributed by atoms with Crippen molar-refractivity contribution < 1.29 is 17.6 Å². The zero-order valence-electron chi connectivity index (χ0n) is 9.34. The van der Waals surface area contributed by atoms with Crippen molar-refractivity contribution in [3.8, 4) is 6.07 Å². The molecule has 1 aliphatic rings. The van der Waals surface area contributed by atoms with Gasteiger partial charge in [-0.1, -0.05) is 6.07 Å². The van der Waals surface area contributed by atoms with E-state index in [1.165, 1.54) is 6.07 Å². The number of rotatable bonds is 3. The zero-order chi connectivity index (χ0) is 13.4. The van der Waals surface area contributed by atoms with Gasteiger partial charge in [-0.2, -0.15) is 18.4 Å². The van der Waals surface area contributed by atoms with E-state index in [2.05, 4.69) is 4.98 Å². The molecule has 96 valence electrons. The summed E-state index contributed by atoms with van der Waals surface area (Å²) in [6, 6.07) is 3.92. The number of halogens is 4. The molecule has 2 rings (SSSR count). The van der Waals surface area contributed by atoms with E-state index in [0.29, 0.717) is 18.4 Å². The lowest BCUT2D eigenvalue weighted by Gasteiger charge is -2.12. The summed E-state index contributed by atoms with van der Waals surface area (Å²) >= 11 is 0. The van der Waals surface area contributed by atoms with E-state index >= 15 is 0 Å². The Labute approximate surface area is 101 Å². The molecule has 1 atom stereocenters. The first kappa shape index (κ1) is 12.8. The molecule has 0 saturated heterocycles. The van der Waals surface area contributed by atoms with Gasteiger partial charge in [-0.05, 0) is 24.5 Å². The summed E-state index contributed by atoms with van der Waals surface area (Å²) in [5.41, 5.74) is -2.00. The van der Waals surface area contributed by atoms with E-state index in [-0.39, 0.29) is 6.42 Å². The van der Waals surface area contributed by atoms with E-state index in [4.69, 9.17) is 5.26 Å². The van der Waals surface area contributed by atoms with E-state index in [9.17, 15) is 17.6 Å². The average molecular weight is 258 g/mol. The van der Waals surface area contributed by atoms with Crippen molar-refractivity contribution in [2.75, 3.05) is 0 Å². The predicted octanol–water partition coefficient (Wildman–Crippen LogP) is 3.60. The molecule has 1 heterocycles. The number of pyridine rings is 1. The van der Waals surface area contributed by atoms with E-state index in [1.807, 2.05) is 6.07 Å². The van der Waals surface area contributed by atoms with Crippen LogP contribution >= 0.6 is 0 Å². The van der Waals surface area contributed by atoms with Gasteiger partial charge < -0.3 is 0 Å². The van der Waals surface area contributed by atoms with Gasteiger partial charge in [0.2, 0.25) is 0 Å². The zero-order valence-corrected chi connectivity index (χ0v) is 9.34. The van der Waals surface area contributed by atoms with Crippen molar-refractivity contribution in [1.29, 1.82) is 5.26 Å². The normalized spacial score (nSPS) is 19.1. The summed E-state index contributed by atoms with van der Waals surface area (Å²) in [5, 5.41) is 8.93. The summed E-state index contributed by atoms with van der Waals surface area (Å²) < 4.78 is 50.4. The van der Waals surface area contributed by atoms with Crippen molar-refractivity contribution in [2.24, 2.45) is 0 Å². The van der Waals surface area contributed by atoms with Crippen molar-refractivity contribution in [3.05, 3.63) is 29.6 Å². The van der Waals surface area contributed by atoms with Crippen LogP contribution in [0.4, 0.5) is 17.6 Å². The second-order valence-corrected chi connectivity index (χ2v) is 4.51. The topological polar surface area (TPSA) is 36.7 Å². The Balaban J connectivity index is 2.15. The lowest BCUT2D eigenvalue weighted by atomic mass is 9.95. The number of aromatic nitrogens is 1. The molecule has 0 bridgehead atoms. The lowest BCUT2D eigenvalue weighted by Crippen LogP contribution is -2.10. The van der Waals surface area contributed by atoms with Crippen LogP contribution in [0, 0.1) is 11.3 Å². The molecule has 0 amide bonds. The van der Waals surface area contributed by atoms with Gasteiger partial charge in [0.15, 0.2) is 0 Å². The van der Waals surface area contributed by atoms with Crippen LogP contribution in [0.1, 0.15) is 36.4 Å². The summed E-state index contributed by atoms with van der Waals surface area (Å²) in [6.45, 7) is 0. The summed E-state index contributed by atoms with van der Waals surface area (Å²) in [4.78, 5) is 3.27. The molecule has 1 aromatic heterocycles. The van der Waals surface area contributed by atoms with Gasteiger partial charge in [-0.15, -0.1) is 0 Å². The van der Waals surface area contributed by atoms with Crippen LogP contribution in [0.15, 0.2) is 18.3 Å². The molecule has 0 spiro atoms. The Bertz CT molecular complexity index is 468. The highest BCUT2D eigenvalue weighted by molar-refractivity contribution is 5.25. The predicted molar refractivity (Wildman–Crippen MR) is 55.3 cm³/mol. The van der Waals surface area contributed by atoms with Crippen LogP contribution in [-0.4, -0.2) is 10.7 Å². The van der Waals surface area contributed by atoms with Gasteiger partial charge in [0.1, 0.15) is 11.4 Å². The van der Waals surface area contributed by atoms with Crippen LogP contribution in [0.25, 0.3) is 0 Å². The SMILES string of the molecule is N#CC(CC1(F)CC1)c1ccc(C(F)(F)F)nc1. The molecule has 6 heteroatoms. The maximum Gasteiger partial charge on any atom is 0.433 e. The van der Waals surface area contributed by atoms with Crippen molar-refractivity contribution in [1.82, 2.24) is 4.98 Å². The fourth-order valence-corrected chi connectivity index (χ4v) is 1.72. The third-order valence-corrected chi connectivity index (χ3v) is 3.00. The van der Waals surface area contributed by atoms with Crippen LogP contribution in [0.3, 0.4) is 0 Å². The van der Waals surface area contributed by atoms with Gasteiger partial charge >= 0.3 is 6.18 Å². The smallest absolute Gasteiger partial charge is 0.251 e. The minimum Gasteiger partial charge on any atom is -0.251 e. The minimum absolute atomic E-state index is 0.0243. The van der Waals surface area contributed by atoms with Gasteiger partial charge in [0.05, 0.1) is 12.0 Å². The number of hydrogen-bond donors (Lipinski definition) is 0. The molecule has 0 N–H and O–H groups in total. The molecule has 0 aliphatic heterocycles. The minimum atomic E-state index is -4.50. The van der Waals surface area contributed by atoms with Gasteiger partial charge in [-0.25, -0.2) is 4.39 Å². The Hall–Kier alpha value is -1.64. The first-order chi connectivity index (χ1) is 8.34. The summed E-state index contributed by atoms with van der Waals surface area (Å²) in [6.07, 6.45) is -2.64. The number of alkyl halides is 4. The molecule has 1 saturated carbocycles. The summed E-state index contributed by atoms with van der Waals surface area (Å²) in [7, 11) is 0. The third-order valence-electron chi connectivity index (χ3n) is 3.00. The largest absolute Gasteiger partial charge is 0.433 e. The van der Waals surface area contributed by atoms with Gasteiger partial charge in [0.25, 0.3) is 0 Å². The lowest BCUT2D eigenvalue weighted by molar-refractivity contribution is -0.141. The molecule has 1 aromatic rings. The Morgan fingerprint density at radius 3 is 2.44 bits per heavy atom. The van der Waals surface area contributed by atoms with Gasteiger partial charge in [0, 0.05) is 12.6 Å². The average Bonchev–Trinajstić information content (AvgIpc) is 3.04. The van der Waals surface area contributed by atoms with Crippen LogP contribution < -0.4 is 0 Å². The molecule has 0 aromatic carbocycles. The highest BCUT2D eigenvalue weighted by atomic mass is 19.4. The van der Waals surface area contributed by atoms with Crippen LogP contribution in [-0.2, 0) is 6.18 Å². The van der Waals surface area contributed by atoms with E-state index in [1.54, 1.807) is 0 Å². The molecule has 18 heavy (non-hydrogen) atoms. The fourth-order valence-electron chi connectivity index (χ4n) is 1.72. The third kappa shape index (κ3) is 2.78. The number of nitriles is 1. The van der Waals surface area contributed by atoms with Crippen molar-refractivity contribution in [3.63, 3.8) is 0 Å². The van der Waals surface area contributed by atoms with Gasteiger partial charge in [-0.3, -0.25) is 4.98 Å². The van der Waals surface area contributed by atoms with Crippen molar-refractivity contribution in [2.45, 2.75) is 37.0 Å². The fraction of sp³-hybridized carbons (Fsp3) is 0.500. The molecule has 0 radical (unpaired) electrons. The first-order valence-corrected chi connectivity index (χ1v) is 5.46. The number of hydrogen-bond acceptors (Lipinski definition) is 2.